The number of carbonyl (C=O) groups excluding carboxylic acids is 1. The van der Waals surface area contributed by atoms with Crippen LogP contribution in [-0.4, -0.2) is 18.7 Å². The van der Waals surface area contributed by atoms with E-state index in [0.29, 0.717) is 27.8 Å². The number of carbonyl (C=O) groups is 1. The number of hydrogen-bond acceptors (Lipinski definition) is 3. The minimum atomic E-state index is -0.327. The van der Waals surface area contributed by atoms with Gasteiger partial charge in [-0.05, 0) is 42.8 Å². The second-order valence-electron chi connectivity index (χ2n) is 4.71. The van der Waals surface area contributed by atoms with Gasteiger partial charge in [-0.2, -0.15) is 5.10 Å². The third-order valence-corrected chi connectivity index (χ3v) is 3.61. The summed E-state index contributed by atoms with van der Waals surface area (Å²) in [4.78, 5) is 12.0. The fourth-order valence-corrected chi connectivity index (χ4v) is 2.27. The number of halogens is 2. The molecule has 2 aromatic rings. The van der Waals surface area contributed by atoms with E-state index >= 15 is 0 Å². The molecule has 4 nitrogen and oxygen atoms in total. The van der Waals surface area contributed by atoms with Gasteiger partial charge in [-0.3, -0.25) is 4.79 Å². The van der Waals surface area contributed by atoms with Crippen LogP contribution in [0.3, 0.4) is 0 Å². The summed E-state index contributed by atoms with van der Waals surface area (Å²) in [5, 5.41) is 4.82. The van der Waals surface area contributed by atoms with Crippen LogP contribution in [0.2, 0.25) is 10.0 Å². The van der Waals surface area contributed by atoms with Crippen LogP contribution in [0.1, 0.15) is 29.3 Å². The van der Waals surface area contributed by atoms with Crippen LogP contribution < -0.4 is 10.2 Å². The van der Waals surface area contributed by atoms with Crippen molar-refractivity contribution >= 4 is 35.3 Å². The average molecular weight is 351 g/mol. The summed E-state index contributed by atoms with van der Waals surface area (Å²) < 4.78 is 5.46. The lowest BCUT2D eigenvalue weighted by Crippen LogP contribution is -2.17. The zero-order chi connectivity index (χ0) is 16.7. The predicted octanol–water partition coefficient (Wildman–Crippen LogP) is 4.55. The number of ether oxygens (including phenoxy) is 1. The van der Waals surface area contributed by atoms with E-state index in [1.165, 1.54) is 6.21 Å². The van der Waals surface area contributed by atoms with Crippen LogP contribution in [-0.2, 0) is 0 Å². The molecule has 2 aromatic carbocycles. The maximum absolute atomic E-state index is 12.0. The second kappa shape index (κ2) is 8.56. The SMILES string of the molecule is CCCOc1ccc(C(=O)N/N=C/c2c(Cl)cccc2Cl)cc1. The Morgan fingerprint density at radius 2 is 1.83 bits per heavy atom. The molecule has 0 spiro atoms. The molecule has 0 saturated carbocycles. The molecule has 1 amide bonds. The largest absolute Gasteiger partial charge is 0.494 e. The standard InChI is InChI=1S/C17H16Cl2N2O2/c1-2-10-23-13-8-6-12(7-9-13)17(22)21-20-11-14-15(18)4-3-5-16(14)19/h3-9,11H,2,10H2,1H3,(H,21,22)/b20-11+. The highest BCUT2D eigenvalue weighted by molar-refractivity contribution is 6.38. The number of nitrogens with zero attached hydrogens (tertiary/aromatic N) is 1. The Kier molecular flexibility index (Phi) is 6.44. The van der Waals surface area contributed by atoms with Crippen molar-refractivity contribution < 1.29 is 9.53 Å². The minimum Gasteiger partial charge on any atom is -0.494 e. The van der Waals surface area contributed by atoms with Crippen LogP contribution >= 0.6 is 23.2 Å². The van der Waals surface area contributed by atoms with E-state index in [1.807, 2.05) is 6.92 Å². The predicted molar refractivity (Wildman–Crippen MR) is 93.8 cm³/mol. The topological polar surface area (TPSA) is 50.7 Å². The smallest absolute Gasteiger partial charge is 0.271 e. The molecule has 2 rings (SSSR count). The molecule has 0 heterocycles. The molecular weight excluding hydrogens is 335 g/mol. The van der Waals surface area contributed by atoms with E-state index in [2.05, 4.69) is 10.5 Å². The van der Waals surface area contributed by atoms with Crippen molar-refractivity contribution in [2.24, 2.45) is 5.10 Å². The number of benzene rings is 2. The average Bonchev–Trinajstić information content (AvgIpc) is 2.56. The Labute approximate surface area is 145 Å². The second-order valence-corrected chi connectivity index (χ2v) is 5.52. The molecule has 0 aliphatic rings. The number of rotatable bonds is 6. The van der Waals surface area contributed by atoms with Crippen molar-refractivity contribution in [3.05, 3.63) is 63.6 Å². The Bertz CT molecular complexity index is 680. The van der Waals surface area contributed by atoms with E-state index in [0.717, 1.165) is 12.2 Å². The molecule has 0 saturated heterocycles. The van der Waals surface area contributed by atoms with Gasteiger partial charge in [-0.1, -0.05) is 36.2 Å². The van der Waals surface area contributed by atoms with Crippen molar-refractivity contribution in [1.29, 1.82) is 0 Å². The van der Waals surface area contributed by atoms with E-state index < -0.39 is 0 Å². The zero-order valence-corrected chi connectivity index (χ0v) is 14.1. The van der Waals surface area contributed by atoms with Crippen LogP contribution in [0.15, 0.2) is 47.6 Å². The fraction of sp³-hybridized carbons (Fsp3) is 0.176. The minimum absolute atomic E-state index is 0.327. The first-order valence-corrected chi connectivity index (χ1v) is 7.87. The normalized spacial score (nSPS) is 10.7. The van der Waals surface area contributed by atoms with Gasteiger partial charge >= 0.3 is 0 Å². The molecule has 0 aliphatic carbocycles. The molecule has 120 valence electrons. The highest BCUT2D eigenvalue weighted by atomic mass is 35.5. The highest BCUT2D eigenvalue weighted by Crippen LogP contribution is 2.22. The molecule has 0 aliphatic heterocycles. The zero-order valence-electron chi connectivity index (χ0n) is 12.6. The first-order chi connectivity index (χ1) is 11.1. The van der Waals surface area contributed by atoms with E-state index in [9.17, 15) is 4.79 Å². The van der Waals surface area contributed by atoms with E-state index in [1.54, 1.807) is 42.5 Å². The quantitative estimate of drug-likeness (QED) is 0.613. The summed E-state index contributed by atoms with van der Waals surface area (Å²) in [7, 11) is 0. The first-order valence-electron chi connectivity index (χ1n) is 7.12. The maximum Gasteiger partial charge on any atom is 0.271 e. The Morgan fingerprint density at radius 1 is 1.17 bits per heavy atom. The van der Waals surface area contributed by atoms with Crippen molar-refractivity contribution in [3.63, 3.8) is 0 Å². The van der Waals surface area contributed by atoms with Gasteiger partial charge in [0.05, 0.1) is 22.9 Å². The molecule has 0 aromatic heterocycles. The molecule has 0 unspecified atom stereocenters. The van der Waals surface area contributed by atoms with Crippen molar-refractivity contribution in [1.82, 2.24) is 5.43 Å². The van der Waals surface area contributed by atoms with Gasteiger partial charge < -0.3 is 4.74 Å². The number of nitrogens with one attached hydrogen (secondary N) is 1. The lowest BCUT2D eigenvalue weighted by molar-refractivity contribution is 0.0955. The van der Waals surface area contributed by atoms with Gasteiger partial charge in [-0.25, -0.2) is 5.43 Å². The summed E-state index contributed by atoms with van der Waals surface area (Å²) in [5.41, 5.74) is 3.47. The first kappa shape index (κ1) is 17.3. The fourth-order valence-electron chi connectivity index (χ4n) is 1.78. The van der Waals surface area contributed by atoms with Crippen molar-refractivity contribution in [2.45, 2.75) is 13.3 Å². The van der Waals surface area contributed by atoms with Gasteiger partial charge in [0.1, 0.15) is 5.75 Å². The maximum atomic E-state index is 12.0. The lowest BCUT2D eigenvalue weighted by Gasteiger charge is -2.05. The molecule has 0 fully saturated rings. The Hall–Kier alpha value is -2.04. The van der Waals surface area contributed by atoms with Crippen LogP contribution in [0.4, 0.5) is 0 Å². The molecule has 0 atom stereocenters. The molecule has 6 heteroatoms. The molecular formula is C17H16Cl2N2O2. The van der Waals surface area contributed by atoms with E-state index in [4.69, 9.17) is 27.9 Å². The highest BCUT2D eigenvalue weighted by Gasteiger charge is 2.05. The summed E-state index contributed by atoms with van der Waals surface area (Å²) in [6, 6.07) is 12.0. The van der Waals surface area contributed by atoms with Crippen molar-refractivity contribution in [2.75, 3.05) is 6.61 Å². The molecule has 0 bridgehead atoms. The lowest BCUT2D eigenvalue weighted by atomic mass is 10.2. The van der Waals surface area contributed by atoms with Gasteiger partial charge in [-0.15, -0.1) is 0 Å². The summed E-state index contributed by atoms with van der Waals surface area (Å²) in [5.74, 6) is 0.404. The molecule has 0 radical (unpaired) electrons. The van der Waals surface area contributed by atoms with E-state index in [-0.39, 0.29) is 5.91 Å². The Morgan fingerprint density at radius 3 is 2.43 bits per heavy atom. The number of amides is 1. The van der Waals surface area contributed by atoms with Crippen molar-refractivity contribution in [3.8, 4) is 5.75 Å². The van der Waals surface area contributed by atoms with Gasteiger partial charge in [0, 0.05) is 11.1 Å². The van der Waals surface area contributed by atoms with Gasteiger partial charge in [0.15, 0.2) is 0 Å². The van der Waals surface area contributed by atoms with Crippen LogP contribution in [0, 0.1) is 0 Å². The molecule has 23 heavy (non-hydrogen) atoms. The Balaban J connectivity index is 1.98. The monoisotopic (exact) mass is 350 g/mol. The van der Waals surface area contributed by atoms with Crippen LogP contribution in [0.5, 0.6) is 5.75 Å². The summed E-state index contributed by atoms with van der Waals surface area (Å²) in [6.07, 6.45) is 2.35. The summed E-state index contributed by atoms with van der Waals surface area (Å²) in [6.45, 7) is 2.68. The third kappa shape index (κ3) is 4.98. The summed E-state index contributed by atoms with van der Waals surface area (Å²) >= 11 is 12.0. The van der Waals surface area contributed by atoms with Gasteiger partial charge in [0.2, 0.25) is 0 Å². The van der Waals surface area contributed by atoms with Gasteiger partial charge in [0.25, 0.3) is 5.91 Å². The third-order valence-electron chi connectivity index (χ3n) is 2.95. The number of hydrogen-bond donors (Lipinski definition) is 1. The molecule has 1 N–H and O–H groups in total. The number of hydrazone groups is 1. The van der Waals surface area contributed by atoms with Crippen LogP contribution in [0.25, 0.3) is 0 Å².